The number of nitrogens with one attached hydrogen (secondary N) is 2. The van der Waals surface area contributed by atoms with Crippen molar-refractivity contribution in [2.24, 2.45) is 0 Å². The van der Waals surface area contributed by atoms with Gasteiger partial charge in [0.1, 0.15) is 16.7 Å². The second-order valence-corrected chi connectivity index (χ2v) is 11.4. The Labute approximate surface area is 243 Å². The molecule has 1 aromatic heterocycles. The zero-order valence-corrected chi connectivity index (χ0v) is 24.2. The van der Waals surface area contributed by atoms with Gasteiger partial charge in [0.25, 0.3) is 11.8 Å². The van der Waals surface area contributed by atoms with Crippen molar-refractivity contribution in [3.63, 3.8) is 0 Å². The summed E-state index contributed by atoms with van der Waals surface area (Å²) >= 11 is 1.38. The van der Waals surface area contributed by atoms with Crippen molar-refractivity contribution in [1.82, 2.24) is 20.5 Å². The molecule has 4 bridgehead atoms. The van der Waals surface area contributed by atoms with E-state index in [0.29, 0.717) is 60.2 Å². The van der Waals surface area contributed by atoms with Gasteiger partial charge in [0.05, 0.1) is 23.9 Å². The summed E-state index contributed by atoms with van der Waals surface area (Å²) in [6.45, 7) is 4.65. The number of benzene rings is 2. The maximum atomic E-state index is 13.4. The number of aromatic nitrogens is 1. The molecule has 1 saturated heterocycles. The van der Waals surface area contributed by atoms with Crippen molar-refractivity contribution in [3.8, 4) is 17.2 Å². The van der Waals surface area contributed by atoms with E-state index in [-0.39, 0.29) is 37.0 Å². The van der Waals surface area contributed by atoms with Crippen molar-refractivity contribution in [2.75, 3.05) is 26.8 Å². The van der Waals surface area contributed by atoms with Gasteiger partial charge in [-0.2, -0.15) is 0 Å². The van der Waals surface area contributed by atoms with Gasteiger partial charge >= 0.3 is 0 Å². The van der Waals surface area contributed by atoms with Crippen molar-refractivity contribution in [2.45, 2.75) is 51.8 Å². The van der Waals surface area contributed by atoms with Crippen LogP contribution in [-0.2, 0) is 22.6 Å². The molecule has 0 saturated carbocycles. The fourth-order valence-corrected chi connectivity index (χ4v) is 5.94. The van der Waals surface area contributed by atoms with Crippen LogP contribution in [0.25, 0.3) is 0 Å². The first-order valence-corrected chi connectivity index (χ1v) is 14.5. The number of piperidine rings is 1. The zero-order valence-electron chi connectivity index (χ0n) is 23.4. The molecule has 3 aromatic rings. The molecular weight excluding hydrogens is 544 g/mol. The quantitative estimate of drug-likeness (QED) is 0.480. The predicted octanol–water partition coefficient (Wildman–Crippen LogP) is 3.19. The number of hydrogen-bond donors (Lipinski definition) is 2. The van der Waals surface area contributed by atoms with E-state index in [9.17, 15) is 14.4 Å². The summed E-state index contributed by atoms with van der Waals surface area (Å²) in [7, 11) is 1.53. The van der Waals surface area contributed by atoms with Crippen LogP contribution in [0.4, 0.5) is 0 Å². The number of carbonyl (C=O) groups excluding carboxylic acids is 3. The maximum Gasteiger partial charge on any atom is 0.265 e. The van der Waals surface area contributed by atoms with Crippen LogP contribution < -0.4 is 24.8 Å². The molecule has 10 nitrogen and oxygen atoms in total. The number of nitrogens with zero attached hydrogens (tertiary/aromatic N) is 2. The summed E-state index contributed by atoms with van der Waals surface area (Å²) in [5, 5.41) is 6.84. The second kappa shape index (κ2) is 12.6. The van der Waals surface area contributed by atoms with Gasteiger partial charge in [-0.15, -0.1) is 11.3 Å². The zero-order chi connectivity index (χ0) is 28.9. The van der Waals surface area contributed by atoms with Crippen molar-refractivity contribution in [1.29, 1.82) is 0 Å². The molecule has 2 atom stereocenters. The fourth-order valence-electron chi connectivity index (χ4n) is 5.05. The predicted molar refractivity (Wildman–Crippen MR) is 154 cm³/mol. The smallest absolute Gasteiger partial charge is 0.265 e. The Kier molecular flexibility index (Phi) is 8.72. The van der Waals surface area contributed by atoms with Gasteiger partial charge in [0.2, 0.25) is 5.91 Å². The molecule has 1 fully saturated rings. The lowest BCUT2D eigenvalue weighted by atomic mass is 10.0. The lowest BCUT2D eigenvalue weighted by molar-refractivity contribution is -0.125. The average Bonchev–Trinajstić information content (AvgIpc) is 3.32. The number of likely N-dealkylation sites (tertiary alicyclic amines) is 1. The highest BCUT2D eigenvalue weighted by molar-refractivity contribution is 7.13. The fraction of sp³-hybridized carbons (Fsp3) is 0.400. The first-order chi connectivity index (χ1) is 19.8. The van der Waals surface area contributed by atoms with E-state index < -0.39 is 6.04 Å². The van der Waals surface area contributed by atoms with Crippen LogP contribution in [0.1, 0.15) is 44.3 Å². The van der Waals surface area contributed by atoms with Gasteiger partial charge in [-0.05, 0) is 55.7 Å². The molecule has 0 unspecified atom stereocenters. The third kappa shape index (κ3) is 6.97. The van der Waals surface area contributed by atoms with Crippen LogP contribution in [0.2, 0.25) is 0 Å². The van der Waals surface area contributed by atoms with E-state index in [0.717, 1.165) is 16.1 Å². The third-order valence-electron chi connectivity index (χ3n) is 7.21. The average molecular weight is 579 g/mol. The Morgan fingerprint density at radius 1 is 1.07 bits per heavy atom. The lowest BCUT2D eigenvalue weighted by Gasteiger charge is -2.38. The Hall–Kier alpha value is -4.12. The van der Waals surface area contributed by atoms with E-state index >= 15 is 0 Å². The minimum atomic E-state index is -0.466. The van der Waals surface area contributed by atoms with Crippen molar-refractivity contribution < 1.29 is 28.6 Å². The molecule has 8 rings (SSSR count). The second-order valence-electron chi connectivity index (χ2n) is 10.2. The number of hydrogen-bond acceptors (Lipinski definition) is 8. The molecule has 5 aliphatic rings. The Bertz CT molecular complexity index is 1420. The Morgan fingerprint density at radius 3 is 2.59 bits per heavy atom. The summed E-state index contributed by atoms with van der Waals surface area (Å²) in [4.78, 5) is 45.7. The molecule has 0 spiro atoms. The molecular formula is C30H34N4O6S. The Balaban J connectivity index is 1.38. The molecule has 0 radical (unpaired) electrons. The number of carbonyl (C=O) groups is 3. The highest BCUT2D eigenvalue weighted by atomic mass is 32.1. The van der Waals surface area contributed by atoms with Gasteiger partial charge in [-0.25, -0.2) is 4.98 Å². The summed E-state index contributed by atoms with van der Waals surface area (Å²) < 4.78 is 17.6. The molecule has 216 valence electrons. The minimum Gasteiger partial charge on any atom is -0.493 e. The van der Waals surface area contributed by atoms with Gasteiger partial charge in [-0.1, -0.05) is 18.2 Å². The van der Waals surface area contributed by atoms with Gasteiger partial charge in [-0.3, -0.25) is 14.4 Å². The molecule has 11 heteroatoms. The number of rotatable bonds is 2. The summed E-state index contributed by atoms with van der Waals surface area (Å²) in [5.41, 5.74) is 2.58. The topological polar surface area (TPSA) is 119 Å². The highest BCUT2D eigenvalue weighted by Crippen LogP contribution is 2.29. The largest absolute Gasteiger partial charge is 0.493 e. The maximum absolute atomic E-state index is 13.4. The van der Waals surface area contributed by atoms with E-state index in [1.54, 1.807) is 11.0 Å². The highest BCUT2D eigenvalue weighted by Gasteiger charge is 2.35. The van der Waals surface area contributed by atoms with E-state index in [1.807, 2.05) is 50.2 Å². The van der Waals surface area contributed by atoms with Crippen LogP contribution in [0.3, 0.4) is 0 Å². The van der Waals surface area contributed by atoms with Crippen molar-refractivity contribution >= 4 is 29.1 Å². The van der Waals surface area contributed by atoms with E-state index in [4.69, 9.17) is 14.2 Å². The molecule has 5 aliphatic heterocycles. The standard InChI is InChI=1S/C30H34N4O6S/c1-18-29(41-19(2)32-18)30(37)34-13-12-24-23(16-34)33-28(36)17-39-25-10-6-20(14-26(25)38-3)7-11-27(35)31-15-21-4-8-22(40-24)9-5-21/h4-6,8-10,14,23-24H,7,11-13,15-17H2,1-3H3,(H,31,35)(H,33,36)/t23-,24-/m1/s1. The minimum absolute atomic E-state index is 0.0523. The molecule has 6 heterocycles. The van der Waals surface area contributed by atoms with Gasteiger partial charge in [0, 0.05) is 32.5 Å². The van der Waals surface area contributed by atoms with E-state index in [1.165, 1.54) is 18.4 Å². The molecule has 3 amide bonds. The number of aryl methyl sites for hydroxylation is 3. The summed E-state index contributed by atoms with van der Waals surface area (Å²) in [6.07, 6.45) is 1.03. The normalized spacial score (nSPS) is 19.8. The monoisotopic (exact) mass is 578 g/mol. The first kappa shape index (κ1) is 28.4. The van der Waals surface area contributed by atoms with Crippen LogP contribution >= 0.6 is 11.3 Å². The van der Waals surface area contributed by atoms with Crippen LogP contribution in [-0.4, -0.2) is 66.6 Å². The molecule has 41 heavy (non-hydrogen) atoms. The third-order valence-corrected chi connectivity index (χ3v) is 8.27. The van der Waals surface area contributed by atoms with Crippen LogP contribution in [0, 0.1) is 13.8 Å². The molecule has 2 N–H and O–H groups in total. The summed E-state index contributed by atoms with van der Waals surface area (Å²) in [5.74, 6) is 1.07. The van der Waals surface area contributed by atoms with Crippen molar-refractivity contribution in [3.05, 3.63) is 69.2 Å². The SMILES string of the molecule is COc1cc2ccc1OCC(=O)N[C@@H]1CN(C(=O)c3sc(C)nc3C)CC[C@H]1Oc1ccc(cc1)CNC(=O)CC2. The van der Waals surface area contributed by atoms with E-state index in [2.05, 4.69) is 15.6 Å². The van der Waals surface area contributed by atoms with Crippen LogP contribution in [0.15, 0.2) is 42.5 Å². The molecule has 0 aliphatic carbocycles. The number of amides is 3. The van der Waals surface area contributed by atoms with Gasteiger partial charge < -0.3 is 29.7 Å². The Morgan fingerprint density at radius 2 is 1.85 bits per heavy atom. The number of methoxy groups -OCH3 is 1. The first-order valence-electron chi connectivity index (χ1n) is 13.6. The van der Waals surface area contributed by atoms with Crippen LogP contribution in [0.5, 0.6) is 17.2 Å². The van der Waals surface area contributed by atoms with Gasteiger partial charge in [0.15, 0.2) is 18.1 Å². The number of ether oxygens (including phenoxy) is 3. The number of thiazole rings is 1. The summed E-state index contributed by atoms with van der Waals surface area (Å²) in [6, 6.07) is 12.5. The molecule has 2 aromatic carbocycles. The lowest BCUT2D eigenvalue weighted by Crippen LogP contribution is -2.58.